The minimum atomic E-state index is -1.43. The second kappa shape index (κ2) is 13.7. The molecule has 0 aliphatic carbocycles. The summed E-state index contributed by atoms with van der Waals surface area (Å²) < 4.78 is 22.3. The lowest BCUT2D eigenvalue weighted by atomic mass is 10.2. The fraction of sp³-hybridized carbons (Fsp3) is 0.417. The molecule has 0 spiro atoms. The van der Waals surface area contributed by atoms with Crippen molar-refractivity contribution in [3.05, 3.63) is 34.3 Å². The van der Waals surface area contributed by atoms with Crippen LogP contribution in [-0.4, -0.2) is 44.2 Å². The molecule has 2 rings (SSSR count). The van der Waals surface area contributed by atoms with Crippen molar-refractivity contribution in [1.29, 1.82) is 0 Å². The third kappa shape index (κ3) is 7.73. The molecule has 0 aliphatic rings. The van der Waals surface area contributed by atoms with Gasteiger partial charge in [-0.2, -0.15) is 10.2 Å². The Morgan fingerprint density at radius 2 is 1.40 bits per heavy atom. The quantitative estimate of drug-likeness (QED) is 0.244. The highest BCUT2D eigenvalue weighted by molar-refractivity contribution is 6.32. The maximum Gasteiger partial charge on any atom is 0.259 e. The van der Waals surface area contributed by atoms with Crippen LogP contribution >= 0.6 is 23.2 Å². The van der Waals surface area contributed by atoms with Crippen molar-refractivity contribution in [2.24, 2.45) is 10.2 Å². The highest BCUT2D eigenvalue weighted by Gasteiger charge is 2.26. The summed E-state index contributed by atoms with van der Waals surface area (Å²) in [7, 11) is 0. The van der Waals surface area contributed by atoms with Gasteiger partial charge in [-0.15, -0.1) is 0 Å². The summed E-state index contributed by atoms with van der Waals surface area (Å²) in [6.45, 7) is 9.88. The van der Waals surface area contributed by atoms with E-state index in [-0.39, 0.29) is 16.4 Å². The Hall–Kier alpha value is -3.04. The van der Waals surface area contributed by atoms with Crippen LogP contribution in [0, 0.1) is 0 Å². The number of azo groups is 1. The molecule has 0 saturated carbocycles. The Morgan fingerprint density at radius 1 is 0.857 bits per heavy atom. The van der Waals surface area contributed by atoms with Gasteiger partial charge in [-0.05, 0) is 40.7 Å². The number of carbonyl (C=O) groups excluding carboxylic acids is 2. The molecule has 0 bridgehead atoms. The van der Waals surface area contributed by atoms with Crippen LogP contribution in [0.4, 0.5) is 11.4 Å². The average molecular weight is 526 g/mol. The molecular weight excluding hydrogens is 497 g/mol. The molecule has 2 aromatic rings. The van der Waals surface area contributed by atoms with Gasteiger partial charge in [-0.1, -0.05) is 23.2 Å². The van der Waals surface area contributed by atoms with Crippen LogP contribution in [0.2, 0.25) is 10.0 Å². The monoisotopic (exact) mass is 525 g/mol. The molecule has 0 aromatic heterocycles. The maximum absolute atomic E-state index is 13.0. The van der Waals surface area contributed by atoms with Gasteiger partial charge in [-0.3, -0.25) is 9.59 Å². The van der Waals surface area contributed by atoms with Crippen LogP contribution in [0.5, 0.6) is 23.0 Å². The number of Topliss-reactive ketones (excluding diaryl/α,β-unsaturated/α-hetero) is 1. The first-order valence-electron chi connectivity index (χ1n) is 11.2. The molecule has 0 fully saturated rings. The molecule has 2 aromatic carbocycles. The second-order valence-electron chi connectivity index (χ2n) is 6.98. The number of carbonyl (C=O) groups is 2. The summed E-state index contributed by atoms with van der Waals surface area (Å²) in [6, 6.07) is 4.73. The van der Waals surface area contributed by atoms with E-state index in [1.807, 2.05) is 13.8 Å². The van der Waals surface area contributed by atoms with Crippen LogP contribution in [0.3, 0.4) is 0 Å². The molecule has 9 nitrogen and oxygen atoms in total. The number of ether oxygens (including phenoxy) is 4. The van der Waals surface area contributed by atoms with Gasteiger partial charge in [-0.25, -0.2) is 0 Å². The first kappa shape index (κ1) is 28.2. The molecule has 0 heterocycles. The van der Waals surface area contributed by atoms with Crippen LogP contribution in [-0.2, 0) is 9.59 Å². The van der Waals surface area contributed by atoms with Crippen LogP contribution < -0.4 is 24.3 Å². The maximum atomic E-state index is 13.0. The van der Waals surface area contributed by atoms with Crippen molar-refractivity contribution in [2.75, 3.05) is 31.7 Å². The highest BCUT2D eigenvalue weighted by Crippen LogP contribution is 2.40. The number of benzene rings is 2. The SMILES string of the molecule is CCOc1cc(Cl)cc(OCC)c1NC(=O)C(N=Nc1cc(Cl)c(OCC)c(OCC)c1)C(C)=O. The zero-order valence-electron chi connectivity index (χ0n) is 20.3. The van der Waals surface area contributed by atoms with Gasteiger partial charge < -0.3 is 24.3 Å². The Morgan fingerprint density at radius 3 is 1.91 bits per heavy atom. The number of nitrogens with zero attached hydrogens (tertiary/aromatic N) is 2. The number of nitrogens with one attached hydrogen (secondary N) is 1. The molecule has 1 amide bonds. The molecule has 1 atom stereocenters. The molecule has 11 heteroatoms. The van der Waals surface area contributed by atoms with E-state index >= 15 is 0 Å². The van der Waals surface area contributed by atoms with Gasteiger partial charge >= 0.3 is 0 Å². The van der Waals surface area contributed by atoms with Crippen molar-refractivity contribution in [1.82, 2.24) is 0 Å². The molecule has 1 N–H and O–H groups in total. The van der Waals surface area contributed by atoms with Gasteiger partial charge in [0.2, 0.25) is 6.04 Å². The van der Waals surface area contributed by atoms with E-state index in [2.05, 4.69) is 15.5 Å². The number of ketones is 1. The first-order chi connectivity index (χ1) is 16.7. The molecule has 0 saturated heterocycles. The van der Waals surface area contributed by atoms with Crippen LogP contribution in [0.1, 0.15) is 34.6 Å². The Bertz CT molecular complexity index is 1050. The molecule has 0 aliphatic heterocycles. The summed E-state index contributed by atoms with van der Waals surface area (Å²) in [6.07, 6.45) is 0. The Kier molecular flexibility index (Phi) is 11.1. The van der Waals surface area contributed by atoms with E-state index in [1.54, 1.807) is 32.0 Å². The van der Waals surface area contributed by atoms with E-state index in [9.17, 15) is 9.59 Å². The third-order valence-electron chi connectivity index (χ3n) is 4.38. The van der Waals surface area contributed by atoms with E-state index in [0.717, 1.165) is 0 Å². The summed E-state index contributed by atoms with van der Waals surface area (Å²) in [5, 5.41) is 11.3. The number of anilines is 1. The lowest BCUT2D eigenvalue weighted by molar-refractivity contribution is -0.126. The molecular formula is C24H29Cl2N3O6. The van der Waals surface area contributed by atoms with Gasteiger partial charge in [0.15, 0.2) is 17.3 Å². The van der Waals surface area contributed by atoms with E-state index in [1.165, 1.54) is 13.0 Å². The summed E-state index contributed by atoms with van der Waals surface area (Å²) >= 11 is 12.5. The van der Waals surface area contributed by atoms with Gasteiger partial charge in [0.05, 0.1) is 37.1 Å². The minimum absolute atomic E-state index is 0.243. The third-order valence-corrected chi connectivity index (χ3v) is 4.88. The lowest BCUT2D eigenvalue weighted by Crippen LogP contribution is -2.32. The van der Waals surface area contributed by atoms with E-state index in [0.29, 0.717) is 54.4 Å². The molecule has 35 heavy (non-hydrogen) atoms. The smallest absolute Gasteiger partial charge is 0.259 e. The summed E-state index contributed by atoms with van der Waals surface area (Å²) in [5.41, 5.74) is 0.532. The number of hydrogen-bond donors (Lipinski definition) is 1. The lowest BCUT2D eigenvalue weighted by Gasteiger charge is -2.18. The van der Waals surface area contributed by atoms with Crippen molar-refractivity contribution >= 4 is 46.3 Å². The standard InChI is InChI=1S/C24H29Cl2N3O6/c1-6-32-18-10-15(25)11-19(33-7-2)22(18)27-24(31)21(14(5)30)29-28-16-12-17(26)23(35-9-4)20(13-16)34-8-3/h10-13,21H,6-9H2,1-5H3,(H,27,31). The summed E-state index contributed by atoms with van der Waals surface area (Å²) in [5.74, 6) is 0.131. The molecule has 1 unspecified atom stereocenters. The van der Waals surface area contributed by atoms with Crippen LogP contribution in [0.25, 0.3) is 0 Å². The van der Waals surface area contributed by atoms with Crippen LogP contribution in [0.15, 0.2) is 34.5 Å². The number of amides is 1. The molecule has 0 radical (unpaired) electrons. The van der Waals surface area contributed by atoms with Crippen molar-refractivity contribution in [3.63, 3.8) is 0 Å². The number of rotatable bonds is 13. The fourth-order valence-electron chi connectivity index (χ4n) is 3.01. The van der Waals surface area contributed by atoms with Crippen molar-refractivity contribution < 1.29 is 28.5 Å². The predicted molar refractivity (Wildman–Crippen MR) is 135 cm³/mol. The Labute approximate surface area is 214 Å². The van der Waals surface area contributed by atoms with Crippen molar-refractivity contribution in [3.8, 4) is 23.0 Å². The van der Waals surface area contributed by atoms with Gasteiger partial charge in [0, 0.05) is 23.2 Å². The minimum Gasteiger partial charge on any atom is -0.491 e. The predicted octanol–water partition coefficient (Wildman–Crippen LogP) is 6.27. The zero-order valence-corrected chi connectivity index (χ0v) is 21.8. The van der Waals surface area contributed by atoms with Gasteiger partial charge in [0.1, 0.15) is 17.2 Å². The van der Waals surface area contributed by atoms with Gasteiger partial charge in [0.25, 0.3) is 5.91 Å². The number of hydrogen-bond acceptors (Lipinski definition) is 8. The van der Waals surface area contributed by atoms with E-state index in [4.69, 9.17) is 42.1 Å². The summed E-state index contributed by atoms with van der Waals surface area (Å²) in [4.78, 5) is 25.3. The first-order valence-corrected chi connectivity index (χ1v) is 11.9. The average Bonchev–Trinajstić information content (AvgIpc) is 2.79. The topological polar surface area (TPSA) is 108 Å². The van der Waals surface area contributed by atoms with Crippen molar-refractivity contribution in [2.45, 2.75) is 40.7 Å². The largest absolute Gasteiger partial charge is 0.491 e. The molecule has 190 valence electrons. The Balaban J connectivity index is 2.38. The second-order valence-corrected chi connectivity index (χ2v) is 7.83. The normalized spacial score (nSPS) is 11.7. The number of halogens is 2. The highest BCUT2D eigenvalue weighted by atomic mass is 35.5. The van der Waals surface area contributed by atoms with E-state index < -0.39 is 17.7 Å². The fourth-order valence-corrected chi connectivity index (χ4v) is 3.47. The zero-order chi connectivity index (χ0) is 26.0.